The number of hydrogen-bond acceptors (Lipinski definition) is 3. The Balaban J connectivity index is 2.15. The van der Waals surface area contributed by atoms with E-state index < -0.39 is 0 Å². The summed E-state index contributed by atoms with van der Waals surface area (Å²) in [4.78, 5) is 2.66. The number of piperidine rings is 1. The third-order valence-electron chi connectivity index (χ3n) is 3.28. The molecule has 0 spiro atoms. The predicted molar refractivity (Wildman–Crippen MR) is 64.0 cm³/mol. The van der Waals surface area contributed by atoms with Gasteiger partial charge in [-0.1, -0.05) is 13.3 Å². The summed E-state index contributed by atoms with van der Waals surface area (Å²) < 4.78 is 4.98. The van der Waals surface area contributed by atoms with E-state index in [1.54, 1.807) is 7.11 Å². The molecule has 0 bridgehead atoms. The van der Waals surface area contributed by atoms with Crippen LogP contribution in [0.1, 0.15) is 39.0 Å². The van der Waals surface area contributed by atoms with Crippen molar-refractivity contribution in [2.75, 3.05) is 33.5 Å². The molecule has 1 N–H and O–H groups in total. The van der Waals surface area contributed by atoms with Crippen molar-refractivity contribution in [3.8, 4) is 0 Å². The summed E-state index contributed by atoms with van der Waals surface area (Å²) >= 11 is 0. The van der Waals surface area contributed by atoms with Gasteiger partial charge in [-0.05, 0) is 45.3 Å². The SMILES string of the molecule is CCC(CCNCOC)N1CCCCC1. The summed E-state index contributed by atoms with van der Waals surface area (Å²) in [6.07, 6.45) is 6.73. The second kappa shape index (κ2) is 8.08. The first-order valence-electron chi connectivity index (χ1n) is 6.32. The van der Waals surface area contributed by atoms with Crippen LogP contribution in [-0.4, -0.2) is 44.4 Å². The second-order valence-corrected chi connectivity index (χ2v) is 4.38. The van der Waals surface area contributed by atoms with Crippen molar-refractivity contribution in [2.24, 2.45) is 0 Å². The third-order valence-corrected chi connectivity index (χ3v) is 3.28. The molecule has 0 aliphatic carbocycles. The van der Waals surface area contributed by atoms with Crippen LogP contribution < -0.4 is 5.32 Å². The van der Waals surface area contributed by atoms with Crippen LogP contribution >= 0.6 is 0 Å². The first-order valence-corrected chi connectivity index (χ1v) is 6.32. The first kappa shape index (κ1) is 12.9. The standard InChI is InChI=1S/C12H26N2O/c1-3-12(7-8-13-11-15-2)14-9-5-4-6-10-14/h12-13H,3-11H2,1-2H3. The van der Waals surface area contributed by atoms with Gasteiger partial charge < -0.3 is 9.64 Å². The third kappa shape index (κ3) is 4.96. The molecule has 0 saturated carbocycles. The summed E-state index contributed by atoms with van der Waals surface area (Å²) in [5, 5.41) is 3.29. The van der Waals surface area contributed by atoms with E-state index in [1.165, 1.54) is 45.2 Å². The monoisotopic (exact) mass is 214 g/mol. The van der Waals surface area contributed by atoms with Gasteiger partial charge in [0.05, 0.1) is 6.73 Å². The normalized spacial score (nSPS) is 20.4. The molecule has 3 nitrogen and oxygen atoms in total. The predicted octanol–water partition coefficient (Wildman–Crippen LogP) is 1.83. The van der Waals surface area contributed by atoms with Gasteiger partial charge in [0.1, 0.15) is 0 Å². The van der Waals surface area contributed by atoms with Crippen molar-refractivity contribution >= 4 is 0 Å². The van der Waals surface area contributed by atoms with E-state index in [-0.39, 0.29) is 0 Å². The van der Waals surface area contributed by atoms with E-state index in [1.807, 2.05) is 0 Å². The second-order valence-electron chi connectivity index (χ2n) is 4.38. The number of nitrogens with one attached hydrogen (secondary N) is 1. The van der Waals surface area contributed by atoms with E-state index in [0.29, 0.717) is 6.73 Å². The van der Waals surface area contributed by atoms with Crippen molar-refractivity contribution in [2.45, 2.75) is 45.1 Å². The average Bonchev–Trinajstić information content (AvgIpc) is 2.30. The summed E-state index contributed by atoms with van der Waals surface area (Å²) in [5.41, 5.74) is 0. The van der Waals surface area contributed by atoms with Gasteiger partial charge in [0, 0.05) is 13.2 Å². The Morgan fingerprint density at radius 2 is 2.00 bits per heavy atom. The maximum absolute atomic E-state index is 4.98. The molecule has 0 aromatic rings. The van der Waals surface area contributed by atoms with E-state index >= 15 is 0 Å². The number of ether oxygens (including phenoxy) is 1. The molecule has 1 unspecified atom stereocenters. The Morgan fingerprint density at radius 3 is 2.60 bits per heavy atom. The largest absolute Gasteiger partial charge is 0.370 e. The number of methoxy groups -OCH3 is 1. The fourth-order valence-corrected chi connectivity index (χ4v) is 2.37. The Bertz CT molecular complexity index is 147. The Hall–Kier alpha value is -0.120. The number of hydrogen-bond donors (Lipinski definition) is 1. The van der Waals surface area contributed by atoms with Gasteiger partial charge in [0.25, 0.3) is 0 Å². The molecule has 3 heteroatoms. The highest BCUT2D eigenvalue weighted by molar-refractivity contribution is 4.74. The van der Waals surface area contributed by atoms with Crippen molar-refractivity contribution < 1.29 is 4.74 Å². The van der Waals surface area contributed by atoms with Crippen LogP contribution in [0.15, 0.2) is 0 Å². The van der Waals surface area contributed by atoms with E-state index in [0.717, 1.165) is 12.6 Å². The lowest BCUT2D eigenvalue weighted by Gasteiger charge is -2.34. The van der Waals surface area contributed by atoms with Crippen LogP contribution in [-0.2, 0) is 4.74 Å². The molecule has 1 fully saturated rings. The van der Waals surface area contributed by atoms with Crippen LogP contribution in [0.25, 0.3) is 0 Å². The summed E-state index contributed by atoms with van der Waals surface area (Å²) in [6, 6.07) is 0.773. The molecule has 1 aliphatic rings. The minimum atomic E-state index is 0.677. The van der Waals surface area contributed by atoms with Gasteiger partial charge in [-0.25, -0.2) is 0 Å². The maximum atomic E-state index is 4.98. The molecule has 1 atom stereocenters. The molecular weight excluding hydrogens is 188 g/mol. The smallest absolute Gasteiger partial charge is 0.0961 e. The average molecular weight is 214 g/mol. The van der Waals surface area contributed by atoms with Gasteiger partial charge in [-0.3, -0.25) is 5.32 Å². The highest BCUT2D eigenvalue weighted by Crippen LogP contribution is 2.15. The highest BCUT2D eigenvalue weighted by Gasteiger charge is 2.18. The summed E-state index contributed by atoms with van der Waals surface area (Å²) in [7, 11) is 1.73. The fraction of sp³-hybridized carbons (Fsp3) is 1.00. The first-order chi connectivity index (χ1) is 7.38. The summed E-state index contributed by atoms with van der Waals surface area (Å²) in [5.74, 6) is 0. The van der Waals surface area contributed by atoms with Crippen molar-refractivity contribution in [3.05, 3.63) is 0 Å². The van der Waals surface area contributed by atoms with Gasteiger partial charge >= 0.3 is 0 Å². The zero-order valence-corrected chi connectivity index (χ0v) is 10.3. The Morgan fingerprint density at radius 1 is 1.27 bits per heavy atom. The quantitative estimate of drug-likeness (QED) is 0.517. The van der Waals surface area contributed by atoms with Crippen LogP contribution in [0.5, 0.6) is 0 Å². The Kier molecular flexibility index (Phi) is 6.98. The molecule has 0 radical (unpaired) electrons. The lowest BCUT2D eigenvalue weighted by Crippen LogP contribution is -2.40. The van der Waals surface area contributed by atoms with Crippen molar-refractivity contribution in [1.29, 1.82) is 0 Å². The summed E-state index contributed by atoms with van der Waals surface area (Å²) in [6.45, 7) is 6.67. The molecule has 1 rings (SSSR count). The highest BCUT2D eigenvalue weighted by atomic mass is 16.5. The molecular formula is C12H26N2O. The fourth-order valence-electron chi connectivity index (χ4n) is 2.37. The van der Waals surface area contributed by atoms with Gasteiger partial charge in [0.15, 0.2) is 0 Å². The molecule has 1 heterocycles. The molecule has 0 aromatic carbocycles. The Labute approximate surface area is 94.2 Å². The van der Waals surface area contributed by atoms with Crippen LogP contribution in [0, 0.1) is 0 Å². The number of rotatable bonds is 7. The zero-order chi connectivity index (χ0) is 10.9. The number of likely N-dealkylation sites (tertiary alicyclic amines) is 1. The maximum Gasteiger partial charge on any atom is 0.0961 e. The molecule has 0 amide bonds. The molecule has 0 aromatic heterocycles. The minimum absolute atomic E-state index is 0.677. The minimum Gasteiger partial charge on any atom is -0.370 e. The van der Waals surface area contributed by atoms with Gasteiger partial charge in [-0.2, -0.15) is 0 Å². The van der Waals surface area contributed by atoms with E-state index in [4.69, 9.17) is 4.74 Å². The van der Waals surface area contributed by atoms with Crippen LogP contribution in [0.2, 0.25) is 0 Å². The van der Waals surface area contributed by atoms with Crippen LogP contribution in [0.4, 0.5) is 0 Å². The van der Waals surface area contributed by atoms with Crippen molar-refractivity contribution in [1.82, 2.24) is 10.2 Å². The topological polar surface area (TPSA) is 24.5 Å². The molecule has 1 aliphatic heterocycles. The van der Waals surface area contributed by atoms with Gasteiger partial charge in [-0.15, -0.1) is 0 Å². The van der Waals surface area contributed by atoms with Crippen molar-refractivity contribution in [3.63, 3.8) is 0 Å². The molecule has 15 heavy (non-hydrogen) atoms. The molecule has 90 valence electrons. The van der Waals surface area contributed by atoms with E-state index in [2.05, 4.69) is 17.1 Å². The van der Waals surface area contributed by atoms with Crippen LogP contribution in [0.3, 0.4) is 0 Å². The van der Waals surface area contributed by atoms with E-state index in [9.17, 15) is 0 Å². The number of nitrogens with zero attached hydrogens (tertiary/aromatic N) is 1. The molecule has 1 saturated heterocycles. The lowest BCUT2D eigenvalue weighted by atomic mass is 10.0. The zero-order valence-electron chi connectivity index (χ0n) is 10.3. The lowest BCUT2D eigenvalue weighted by molar-refractivity contribution is 0.140. The van der Waals surface area contributed by atoms with Gasteiger partial charge in [0.2, 0.25) is 0 Å².